The van der Waals surface area contributed by atoms with Gasteiger partial charge in [-0.2, -0.15) is 0 Å². The van der Waals surface area contributed by atoms with Crippen LogP contribution in [0.15, 0.2) is 16.5 Å². The van der Waals surface area contributed by atoms with Crippen LogP contribution in [0.5, 0.6) is 0 Å². The van der Waals surface area contributed by atoms with Gasteiger partial charge in [-0.3, -0.25) is 0 Å². The predicted octanol–water partition coefficient (Wildman–Crippen LogP) is 1.64. The van der Waals surface area contributed by atoms with E-state index in [1.165, 1.54) is 0 Å². The van der Waals surface area contributed by atoms with Crippen LogP contribution in [0.1, 0.15) is 24.5 Å². The van der Waals surface area contributed by atoms with Gasteiger partial charge in [0.05, 0.1) is 0 Å². The highest BCUT2D eigenvalue weighted by molar-refractivity contribution is 5.06. The van der Waals surface area contributed by atoms with Gasteiger partial charge in [-0.15, -0.1) is 0 Å². The van der Waals surface area contributed by atoms with E-state index in [1.54, 1.807) is 13.0 Å². The van der Waals surface area contributed by atoms with Crippen molar-refractivity contribution >= 4 is 0 Å². The van der Waals surface area contributed by atoms with Gasteiger partial charge >= 0.3 is 0 Å². The lowest BCUT2D eigenvalue weighted by atomic mass is 10.3. The number of aryl methyl sites for hydroxylation is 1. The Morgan fingerprint density at radius 2 is 2.22 bits per heavy atom. The Balaban J connectivity index is 2.85. The summed E-state index contributed by atoms with van der Waals surface area (Å²) in [5.41, 5.74) is 0. The molecule has 2 heteroatoms. The molecule has 1 aromatic heterocycles. The predicted molar refractivity (Wildman–Crippen MR) is 34.1 cm³/mol. The van der Waals surface area contributed by atoms with E-state index in [-0.39, 0.29) is 0 Å². The van der Waals surface area contributed by atoms with E-state index >= 15 is 0 Å². The highest BCUT2D eigenvalue weighted by Crippen LogP contribution is 2.14. The largest absolute Gasteiger partial charge is 0.464 e. The molecule has 0 fully saturated rings. The molecule has 0 aliphatic heterocycles. The van der Waals surface area contributed by atoms with E-state index < -0.39 is 6.10 Å². The summed E-state index contributed by atoms with van der Waals surface area (Å²) in [6.07, 6.45) is -0.487. The summed E-state index contributed by atoms with van der Waals surface area (Å²) in [7, 11) is 0. The highest BCUT2D eigenvalue weighted by atomic mass is 16.4. The molecule has 2 nitrogen and oxygen atoms in total. The molecule has 0 aromatic carbocycles. The second-order valence-corrected chi connectivity index (χ2v) is 2.12. The summed E-state index contributed by atoms with van der Waals surface area (Å²) in [4.78, 5) is 0. The van der Waals surface area contributed by atoms with E-state index in [0.29, 0.717) is 5.76 Å². The summed E-state index contributed by atoms with van der Waals surface area (Å²) in [5.74, 6) is 1.47. The van der Waals surface area contributed by atoms with E-state index in [0.717, 1.165) is 5.76 Å². The maximum absolute atomic E-state index is 8.94. The number of aliphatic hydroxyl groups excluding tert-OH is 1. The van der Waals surface area contributed by atoms with Gasteiger partial charge in [0, 0.05) is 0 Å². The standard InChI is InChI=1S/C7H10O2/c1-5-3-4-7(9-5)6(2)8/h3-4,6,8H,1-2H3. The molecule has 0 radical (unpaired) electrons. The van der Waals surface area contributed by atoms with E-state index in [9.17, 15) is 0 Å². The molecule has 0 aliphatic rings. The third-order valence-electron chi connectivity index (χ3n) is 1.17. The number of furan rings is 1. The minimum atomic E-state index is -0.487. The summed E-state index contributed by atoms with van der Waals surface area (Å²) in [5, 5.41) is 8.94. The van der Waals surface area contributed by atoms with Crippen molar-refractivity contribution in [3.63, 3.8) is 0 Å². The van der Waals surface area contributed by atoms with E-state index in [4.69, 9.17) is 9.52 Å². The van der Waals surface area contributed by atoms with Crippen LogP contribution >= 0.6 is 0 Å². The van der Waals surface area contributed by atoms with Crippen molar-refractivity contribution in [1.82, 2.24) is 0 Å². The first-order chi connectivity index (χ1) is 4.20. The zero-order valence-corrected chi connectivity index (χ0v) is 5.59. The molecule has 1 aromatic rings. The monoisotopic (exact) mass is 126 g/mol. The van der Waals surface area contributed by atoms with Crippen molar-refractivity contribution in [2.24, 2.45) is 0 Å². The maximum Gasteiger partial charge on any atom is 0.132 e. The van der Waals surface area contributed by atoms with Gasteiger partial charge in [-0.05, 0) is 26.0 Å². The zero-order chi connectivity index (χ0) is 6.85. The summed E-state index contributed by atoms with van der Waals surface area (Å²) in [6.45, 7) is 3.53. The normalized spacial score (nSPS) is 13.7. The molecule has 0 amide bonds. The molecule has 1 N–H and O–H groups in total. The number of hydrogen-bond donors (Lipinski definition) is 1. The maximum atomic E-state index is 8.94. The van der Waals surface area contributed by atoms with Crippen molar-refractivity contribution in [2.75, 3.05) is 0 Å². The first-order valence-corrected chi connectivity index (χ1v) is 2.94. The Kier molecular flexibility index (Phi) is 1.58. The lowest BCUT2D eigenvalue weighted by Gasteiger charge is -1.95. The summed E-state index contributed by atoms with van der Waals surface area (Å²) in [6, 6.07) is 3.61. The van der Waals surface area contributed by atoms with Crippen LogP contribution in [0, 0.1) is 6.92 Å². The molecule has 0 bridgehead atoms. The number of rotatable bonds is 1. The van der Waals surface area contributed by atoms with Crippen molar-refractivity contribution in [3.05, 3.63) is 23.7 Å². The third kappa shape index (κ3) is 1.33. The van der Waals surface area contributed by atoms with Crippen LogP contribution in [0.4, 0.5) is 0 Å². The number of hydrogen-bond acceptors (Lipinski definition) is 2. The number of aliphatic hydroxyl groups is 1. The first kappa shape index (κ1) is 6.36. The smallest absolute Gasteiger partial charge is 0.132 e. The van der Waals surface area contributed by atoms with Crippen molar-refractivity contribution < 1.29 is 9.52 Å². The second kappa shape index (κ2) is 2.23. The fourth-order valence-electron chi connectivity index (χ4n) is 0.678. The molecule has 1 rings (SSSR count). The van der Waals surface area contributed by atoms with Gasteiger partial charge in [0.1, 0.15) is 17.6 Å². The fourth-order valence-corrected chi connectivity index (χ4v) is 0.678. The SMILES string of the molecule is Cc1ccc(C(C)O)o1. The summed E-state index contributed by atoms with van der Waals surface area (Å²) < 4.78 is 5.09. The minimum absolute atomic E-state index is 0.487. The van der Waals surface area contributed by atoms with Crippen LogP contribution in [0.2, 0.25) is 0 Å². The van der Waals surface area contributed by atoms with Gasteiger partial charge in [0.15, 0.2) is 0 Å². The van der Waals surface area contributed by atoms with Gasteiger partial charge < -0.3 is 9.52 Å². The van der Waals surface area contributed by atoms with Crippen LogP contribution < -0.4 is 0 Å². The van der Waals surface area contributed by atoms with E-state index in [1.807, 2.05) is 13.0 Å². The van der Waals surface area contributed by atoms with Crippen LogP contribution in [0.25, 0.3) is 0 Å². The molecule has 1 heterocycles. The Hall–Kier alpha value is -0.760. The lowest BCUT2D eigenvalue weighted by Crippen LogP contribution is -1.85. The molecule has 1 unspecified atom stereocenters. The molecule has 50 valence electrons. The Morgan fingerprint density at radius 3 is 2.44 bits per heavy atom. The Morgan fingerprint density at radius 1 is 1.56 bits per heavy atom. The van der Waals surface area contributed by atoms with Crippen LogP contribution in [-0.4, -0.2) is 5.11 Å². The average molecular weight is 126 g/mol. The minimum Gasteiger partial charge on any atom is -0.464 e. The quantitative estimate of drug-likeness (QED) is 0.620. The average Bonchev–Trinajstić information content (AvgIpc) is 2.14. The van der Waals surface area contributed by atoms with Gasteiger partial charge in [-0.25, -0.2) is 0 Å². The van der Waals surface area contributed by atoms with Crippen molar-refractivity contribution in [2.45, 2.75) is 20.0 Å². The molecular weight excluding hydrogens is 116 g/mol. The molecule has 9 heavy (non-hydrogen) atoms. The highest BCUT2D eigenvalue weighted by Gasteiger charge is 2.02. The topological polar surface area (TPSA) is 33.4 Å². The molecule has 0 aliphatic carbocycles. The van der Waals surface area contributed by atoms with Crippen LogP contribution in [-0.2, 0) is 0 Å². The molecule has 0 saturated carbocycles. The Labute approximate surface area is 54.1 Å². The van der Waals surface area contributed by atoms with Gasteiger partial charge in [0.25, 0.3) is 0 Å². The van der Waals surface area contributed by atoms with E-state index in [2.05, 4.69) is 0 Å². The molecule has 0 saturated heterocycles. The zero-order valence-electron chi connectivity index (χ0n) is 5.59. The molecular formula is C7H10O2. The van der Waals surface area contributed by atoms with Gasteiger partial charge in [0.2, 0.25) is 0 Å². The Bertz CT molecular complexity index is 189. The molecule has 1 atom stereocenters. The van der Waals surface area contributed by atoms with Gasteiger partial charge in [-0.1, -0.05) is 0 Å². The van der Waals surface area contributed by atoms with Crippen molar-refractivity contribution in [1.29, 1.82) is 0 Å². The van der Waals surface area contributed by atoms with Crippen molar-refractivity contribution in [3.8, 4) is 0 Å². The fraction of sp³-hybridized carbons (Fsp3) is 0.429. The second-order valence-electron chi connectivity index (χ2n) is 2.12. The van der Waals surface area contributed by atoms with Crippen LogP contribution in [0.3, 0.4) is 0 Å². The molecule has 0 spiro atoms. The lowest BCUT2D eigenvalue weighted by molar-refractivity contribution is 0.168. The third-order valence-corrected chi connectivity index (χ3v) is 1.17. The first-order valence-electron chi connectivity index (χ1n) is 2.94. The summed E-state index contributed by atoms with van der Waals surface area (Å²) >= 11 is 0.